The van der Waals surface area contributed by atoms with E-state index in [1.54, 1.807) is 47.6 Å². The number of aliphatic hydroxyl groups is 1. The summed E-state index contributed by atoms with van der Waals surface area (Å²) < 4.78 is 12.4. The first-order chi connectivity index (χ1) is 17.8. The molecule has 3 N–H and O–H groups in total. The number of ether oxygens (including phenoxy) is 2. The Morgan fingerprint density at radius 2 is 1.97 bits per heavy atom. The van der Waals surface area contributed by atoms with Crippen LogP contribution in [-0.2, 0) is 4.74 Å². The molecule has 202 valence electrons. The number of anilines is 1. The summed E-state index contributed by atoms with van der Waals surface area (Å²) >= 11 is 0. The van der Waals surface area contributed by atoms with Crippen molar-refractivity contribution >= 4 is 17.5 Å². The number of likely N-dealkylation sites (N-methyl/N-ethyl adjacent to an activating group) is 1. The van der Waals surface area contributed by atoms with E-state index in [0.717, 1.165) is 19.3 Å². The zero-order valence-electron chi connectivity index (χ0n) is 22.3. The fourth-order valence-corrected chi connectivity index (χ4v) is 4.40. The number of aromatic nitrogens is 1. The predicted octanol–water partition coefficient (Wildman–Crippen LogP) is 3.35. The Morgan fingerprint density at radius 3 is 2.68 bits per heavy atom. The third kappa shape index (κ3) is 7.99. The molecule has 0 radical (unpaired) electrons. The van der Waals surface area contributed by atoms with Gasteiger partial charge in [-0.3, -0.25) is 14.6 Å². The molecule has 1 aromatic heterocycles. The van der Waals surface area contributed by atoms with Gasteiger partial charge in [-0.1, -0.05) is 6.92 Å². The fraction of sp³-hybridized carbons (Fsp3) is 0.536. The summed E-state index contributed by atoms with van der Waals surface area (Å²) in [5, 5.41) is 16.0. The number of nitrogens with one attached hydrogen (secondary N) is 2. The van der Waals surface area contributed by atoms with Gasteiger partial charge in [0, 0.05) is 49.3 Å². The topological polar surface area (TPSA) is 113 Å². The minimum absolute atomic E-state index is 0.0196. The van der Waals surface area contributed by atoms with Crippen LogP contribution in [0.15, 0.2) is 42.7 Å². The monoisotopic (exact) mass is 512 g/mol. The standard InChI is InChI=1S/C28H40N4O5/c1-19-17-32(20(2)18-33)28(35)24-15-23(31-27(34)22-10-12-30-13-11-22)8-9-25(24)37-21(3)7-5-6-14-36-26(19)16-29-4/h8-13,15,19-21,26,29,33H,5-7,14,16-18H2,1-4H3,(H,31,34)/t19-,20+,21+,26+/m0/s1. The second kappa shape index (κ2) is 14.1. The van der Waals surface area contributed by atoms with Crippen molar-refractivity contribution in [3.8, 4) is 5.75 Å². The SMILES string of the molecule is CNC[C@H]1OCCCC[C@@H](C)Oc2ccc(NC(=O)c3ccncc3)cc2C(=O)N([C@H](C)CO)C[C@@H]1C. The van der Waals surface area contributed by atoms with Crippen LogP contribution in [0.2, 0.25) is 0 Å². The summed E-state index contributed by atoms with van der Waals surface area (Å²) in [4.78, 5) is 32.3. The summed E-state index contributed by atoms with van der Waals surface area (Å²) in [6.45, 7) is 7.39. The average Bonchev–Trinajstić information content (AvgIpc) is 2.90. The lowest BCUT2D eigenvalue weighted by Gasteiger charge is -2.34. The van der Waals surface area contributed by atoms with Gasteiger partial charge in [0.1, 0.15) is 5.75 Å². The van der Waals surface area contributed by atoms with E-state index in [-0.39, 0.29) is 36.5 Å². The van der Waals surface area contributed by atoms with E-state index < -0.39 is 6.04 Å². The number of rotatable bonds is 6. The van der Waals surface area contributed by atoms with Crippen LogP contribution in [0.25, 0.3) is 0 Å². The summed E-state index contributed by atoms with van der Waals surface area (Å²) in [6, 6.07) is 7.95. The van der Waals surface area contributed by atoms with Gasteiger partial charge in [-0.15, -0.1) is 0 Å². The molecule has 9 heteroatoms. The maximum atomic E-state index is 14.0. The predicted molar refractivity (Wildman–Crippen MR) is 143 cm³/mol. The van der Waals surface area contributed by atoms with Crippen molar-refractivity contribution in [2.24, 2.45) is 5.92 Å². The molecule has 9 nitrogen and oxygen atoms in total. The van der Waals surface area contributed by atoms with Gasteiger partial charge in [0.2, 0.25) is 0 Å². The van der Waals surface area contributed by atoms with Gasteiger partial charge in [-0.2, -0.15) is 0 Å². The van der Waals surface area contributed by atoms with Crippen molar-refractivity contribution in [2.75, 3.05) is 38.7 Å². The lowest BCUT2D eigenvalue weighted by Crippen LogP contribution is -2.47. The molecule has 37 heavy (non-hydrogen) atoms. The quantitative estimate of drug-likeness (QED) is 0.544. The van der Waals surface area contributed by atoms with E-state index >= 15 is 0 Å². The van der Waals surface area contributed by atoms with E-state index in [1.807, 2.05) is 20.9 Å². The van der Waals surface area contributed by atoms with Gasteiger partial charge in [-0.05, 0) is 70.5 Å². The molecule has 0 saturated heterocycles. The second-order valence-electron chi connectivity index (χ2n) is 9.76. The number of fused-ring (bicyclic) bond motifs is 1. The van der Waals surface area contributed by atoms with Crippen LogP contribution in [0.5, 0.6) is 5.75 Å². The lowest BCUT2D eigenvalue weighted by molar-refractivity contribution is -0.000452. The van der Waals surface area contributed by atoms with Crippen LogP contribution in [-0.4, -0.2) is 78.4 Å². The Morgan fingerprint density at radius 1 is 1.22 bits per heavy atom. The Hall–Kier alpha value is -3.01. The normalized spacial score (nSPS) is 22.4. The number of hydrogen-bond acceptors (Lipinski definition) is 7. The summed E-state index contributed by atoms with van der Waals surface area (Å²) in [5.41, 5.74) is 1.29. The lowest BCUT2D eigenvalue weighted by atomic mass is 10.0. The molecular weight excluding hydrogens is 472 g/mol. The van der Waals surface area contributed by atoms with Gasteiger partial charge in [0.15, 0.2) is 0 Å². The highest BCUT2D eigenvalue weighted by atomic mass is 16.5. The van der Waals surface area contributed by atoms with Crippen molar-refractivity contribution in [3.63, 3.8) is 0 Å². The van der Waals surface area contributed by atoms with Gasteiger partial charge in [0.05, 0.1) is 30.4 Å². The Labute approximate surface area is 219 Å². The van der Waals surface area contributed by atoms with E-state index in [9.17, 15) is 14.7 Å². The third-order valence-electron chi connectivity index (χ3n) is 6.66. The zero-order chi connectivity index (χ0) is 26.8. The minimum Gasteiger partial charge on any atom is -0.490 e. The van der Waals surface area contributed by atoms with Gasteiger partial charge in [-0.25, -0.2) is 0 Å². The largest absolute Gasteiger partial charge is 0.490 e. The maximum absolute atomic E-state index is 14.0. The molecule has 0 fully saturated rings. The van der Waals surface area contributed by atoms with E-state index in [0.29, 0.717) is 42.3 Å². The van der Waals surface area contributed by atoms with Crippen LogP contribution in [0.4, 0.5) is 5.69 Å². The fourth-order valence-electron chi connectivity index (χ4n) is 4.40. The molecule has 1 aliphatic rings. The molecule has 4 atom stereocenters. The molecule has 0 aliphatic carbocycles. The van der Waals surface area contributed by atoms with E-state index in [2.05, 4.69) is 22.5 Å². The first kappa shape index (κ1) is 28.6. The van der Waals surface area contributed by atoms with Crippen LogP contribution in [0, 0.1) is 5.92 Å². The van der Waals surface area contributed by atoms with Crippen molar-refractivity contribution in [1.82, 2.24) is 15.2 Å². The van der Waals surface area contributed by atoms with Crippen molar-refractivity contribution in [2.45, 2.75) is 58.3 Å². The Balaban J connectivity index is 1.97. The van der Waals surface area contributed by atoms with Crippen molar-refractivity contribution < 1.29 is 24.2 Å². The molecule has 0 bridgehead atoms. The van der Waals surface area contributed by atoms with Crippen LogP contribution in [0.3, 0.4) is 0 Å². The minimum atomic E-state index is -0.418. The van der Waals surface area contributed by atoms with Crippen molar-refractivity contribution in [3.05, 3.63) is 53.9 Å². The molecule has 1 aromatic carbocycles. The molecule has 2 heterocycles. The first-order valence-electron chi connectivity index (χ1n) is 13.0. The summed E-state index contributed by atoms with van der Waals surface area (Å²) in [6.07, 6.45) is 5.60. The number of hydrogen-bond donors (Lipinski definition) is 3. The molecule has 2 amide bonds. The number of aliphatic hydroxyl groups excluding tert-OH is 1. The van der Waals surface area contributed by atoms with Gasteiger partial charge >= 0.3 is 0 Å². The molecule has 0 spiro atoms. The number of nitrogens with zero attached hydrogens (tertiary/aromatic N) is 2. The highest BCUT2D eigenvalue weighted by molar-refractivity contribution is 6.05. The Kier molecular flexibility index (Phi) is 10.9. The highest BCUT2D eigenvalue weighted by Gasteiger charge is 2.29. The van der Waals surface area contributed by atoms with E-state index in [1.165, 1.54) is 0 Å². The molecule has 3 rings (SSSR count). The number of amides is 2. The number of carbonyl (C=O) groups is 2. The van der Waals surface area contributed by atoms with E-state index in [4.69, 9.17) is 9.47 Å². The van der Waals surface area contributed by atoms with Crippen LogP contribution in [0.1, 0.15) is 60.7 Å². The molecule has 0 saturated carbocycles. The van der Waals surface area contributed by atoms with Crippen molar-refractivity contribution in [1.29, 1.82) is 0 Å². The van der Waals surface area contributed by atoms with Crippen LogP contribution < -0.4 is 15.4 Å². The zero-order valence-corrected chi connectivity index (χ0v) is 22.3. The summed E-state index contributed by atoms with van der Waals surface area (Å²) in [7, 11) is 1.89. The molecule has 1 aliphatic heterocycles. The first-order valence-corrected chi connectivity index (χ1v) is 13.0. The number of carbonyl (C=O) groups excluding carboxylic acids is 2. The maximum Gasteiger partial charge on any atom is 0.258 e. The smallest absolute Gasteiger partial charge is 0.258 e. The average molecular weight is 513 g/mol. The molecular formula is C28H40N4O5. The van der Waals surface area contributed by atoms with Gasteiger partial charge < -0.3 is 30.1 Å². The number of benzene rings is 1. The second-order valence-corrected chi connectivity index (χ2v) is 9.76. The third-order valence-corrected chi connectivity index (χ3v) is 6.66. The van der Waals surface area contributed by atoms with Gasteiger partial charge in [0.25, 0.3) is 11.8 Å². The molecule has 0 unspecified atom stereocenters. The Bertz CT molecular complexity index is 1020. The van der Waals surface area contributed by atoms with Crippen LogP contribution >= 0.6 is 0 Å². The number of pyridine rings is 1. The summed E-state index contributed by atoms with van der Waals surface area (Å²) in [5.74, 6) is -0.0874. The highest BCUT2D eigenvalue weighted by Crippen LogP contribution is 2.28. The molecule has 2 aromatic rings.